The molecule has 3 aromatic rings. The van der Waals surface area contributed by atoms with E-state index in [0.29, 0.717) is 15.4 Å². The van der Waals surface area contributed by atoms with E-state index in [9.17, 15) is 9.59 Å². The molecule has 0 fully saturated rings. The Morgan fingerprint density at radius 3 is 2.46 bits per heavy atom. The highest BCUT2D eigenvalue weighted by Gasteiger charge is 2.25. The first-order valence-electron chi connectivity index (χ1n) is 8.34. The summed E-state index contributed by atoms with van der Waals surface area (Å²) >= 11 is 2.74. The van der Waals surface area contributed by atoms with E-state index in [1.807, 2.05) is 58.0 Å². The highest BCUT2D eigenvalue weighted by molar-refractivity contribution is 8.00. The van der Waals surface area contributed by atoms with Crippen molar-refractivity contribution in [2.75, 3.05) is 0 Å². The van der Waals surface area contributed by atoms with Gasteiger partial charge in [0.2, 0.25) is 5.91 Å². The summed E-state index contributed by atoms with van der Waals surface area (Å²) < 4.78 is 1.66. The van der Waals surface area contributed by atoms with Crippen molar-refractivity contribution in [2.45, 2.75) is 44.1 Å². The molecule has 0 aliphatic carbocycles. The van der Waals surface area contributed by atoms with Crippen molar-refractivity contribution in [1.29, 1.82) is 0 Å². The predicted molar refractivity (Wildman–Crippen MR) is 108 cm³/mol. The molecule has 1 amide bonds. The monoisotopic (exact) mass is 387 g/mol. The van der Waals surface area contributed by atoms with E-state index in [2.05, 4.69) is 0 Å². The van der Waals surface area contributed by atoms with Crippen LogP contribution in [0.1, 0.15) is 41.1 Å². The van der Waals surface area contributed by atoms with E-state index >= 15 is 0 Å². The van der Waals surface area contributed by atoms with E-state index < -0.39 is 11.2 Å². The zero-order valence-corrected chi connectivity index (χ0v) is 16.8. The molecular formula is C19H21N3O2S2. The molecule has 2 N–H and O–H groups in total. The quantitative estimate of drug-likeness (QED) is 0.531. The number of carbonyl (C=O) groups excluding carboxylic acids is 1. The molecule has 0 bridgehead atoms. The van der Waals surface area contributed by atoms with Gasteiger partial charge in [-0.3, -0.25) is 14.2 Å². The number of aryl methyl sites for hydroxylation is 2. The van der Waals surface area contributed by atoms with Crippen molar-refractivity contribution < 1.29 is 4.79 Å². The Bertz CT molecular complexity index is 1020. The average Bonchev–Trinajstić information content (AvgIpc) is 2.87. The fourth-order valence-electron chi connectivity index (χ4n) is 2.85. The Kier molecular flexibility index (Phi) is 5.20. The lowest BCUT2D eigenvalue weighted by molar-refractivity contribution is -0.117. The number of benzene rings is 1. The molecule has 0 unspecified atom stereocenters. The predicted octanol–water partition coefficient (Wildman–Crippen LogP) is 3.97. The van der Waals surface area contributed by atoms with Gasteiger partial charge in [0.15, 0.2) is 5.16 Å². The third kappa shape index (κ3) is 3.29. The molecule has 0 aliphatic heterocycles. The van der Waals surface area contributed by atoms with E-state index in [0.717, 1.165) is 16.0 Å². The highest BCUT2D eigenvalue weighted by atomic mass is 32.2. The van der Waals surface area contributed by atoms with E-state index in [4.69, 9.17) is 10.7 Å². The molecule has 3 rings (SSSR count). The topological polar surface area (TPSA) is 78.0 Å². The molecule has 2 aromatic heterocycles. The number of rotatable bonds is 5. The lowest BCUT2D eigenvalue weighted by Gasteiger charge is -2.19. The Morgan fingerprint density at radius 1 is 1.23 bits per heavy atom. The van der Waals surface area contributed by atoms with Gasteiger partial charge >= 0.3 is 0 Å². The molecule has 0 saturated heterocycles. The molecule has 2 heterocycles. The Hall–Kier alpha value is -2.12. The van der Waals surface area contributed by atoms with Crippen molar-refractivity contribution in [3.05, 3.63) is 56.7 Å². The minimum atomic E-state index is -0.604. The van der Waals surface area contributed by atoms with E-state index in [1.165, 1.54) is 23.1 Å². The minimum Gasteiger partial charge on any atom is -0.368 e. The molecule has 26 heavy (non-hydrogen) atoms. The van der Waals surface area contributed by atoms with Gasteiger partial charge in [0.05, 0.1) is 5.39 Å². The number of carbonyl (C=O) groups is 1. The largest absolute Gasteiger partial charge is 0.368 e. The lowest BCUT2D eigenvalue weighted by Crippen LogP contribution is -2.26. The van der Waals surface area contributed by atoms with Crippen LogP contribution in [0.15, 0.2) is 40.3 Å². The molecule has 0 spiro atoms. The van der Waals surface area contributed by atoms with Crippen molar-refractivity contribution in [1.82, 2.24) is 9.55 Å². The van der Waals surface area contributed by atoms with Crippen LogP contribution in [-0.4, -0.2) is 15.5 Å². The van der Waals surface area contributed by atoms with Gasteiger partial charge in [-0.2, -0.15) is 0 Å². The molecular weight excluding hydrogens is 366 g/mol. The molecule has 0 radical (unpaired) electrons. The SMILES string of the molecule is Cc1sc2nc(S[C@H](C(N)=O)c3ccccc3)n(C(C)C)c(=O)c2c1C. The summed E-state index contributed by atoms with van der Waals surface area (Å²) in [6, 6.07) is 9.26. The number of primary amides is 1. The van der Waals surface area contributed by atoms with E-state index in [1.54, 1.807) is 4.57 Å². The third-order valence-corrected chi connectivity index (χ3v) is 6.64. The van der Waals surface area contributed by atoms with Gasteiger partial charge in [-0.25, -0.2) is 4.98 Å². The first kappa shape index (κ1) is 18.7. The van der Waals surface area contributed by atoms with Crippen LogP contribution in [-0.2, 0) is 4.79 Å². The van der Waals surface area contributed by atoms with Crippen LogP contribution in [0.2, 0.25) is 0 Å². The smallest absolute Gasteiger partial charge is 0.263 e. The van der Waals surface area contributed by atoms with Gasteiger partial charge < -0.3 is 5.73 Å². The third-order valence-electron chi connectivity index (χ3n) is 4.30. The van der Waals surface area contributed by atoms with Gasteiger partial charge in [-0.1, -0.05) is 42.1 Å². The average molecular weight is 388 g/mol. The van der Waals surface area contributed by atoms with Crippen molar-refractivity contribution >= 4 is 39.2 Å². The maximum Gasteiger partial charge on any atom is 0.263 e. The number of fused-ring (bicyclic) bond motifs is 1. The zero-order valence-electron chi connectivity index (χ0n) is 15.1. The van der Waals surface area contributed by atoms with E-state index in [-0.39, 0.29) is 11.6 Å². The fourth-order valence-corrected chi connectivity index (χ4v) is 5.10. The summed E-state index contributed by atoms with van der Waals surface area (Å²) in [5.41, 5.74) is 7.36. The first-order valence-corrected chi connectivity index (χ1v) is 10.0. The number of nitrogens with zero attached hydrogens (tertiary/aromatic N) is 2. The van der Waals surface area contributed by atoms with Crippen LogP contribution in [0, 0.1) is 13.8 Å². The van der Waals surface area contributed by atoms with Gasteiger partial charge in [-0.15, -0.1) is 11.3 Å². The summed E-state index contributed by atoms with van der Waals surface area (Å²) in [6.45, 7) is 7.82. The Balaban J connectivity index is 2.19. The number of amides is 1. The van der Waals surface area contributed by atoms with Crippen LogP contribution in [0.5, 0.6) is 0 Å². The fraction of sp³-hybridized carbons (Fsp3) is 0.316. The van der Waals surface area contributed by atoms with Crippen LogP contribution >= 0.6 is 23.1 Å². The zero-order chi connectivity index (χ0) is 19.0. The maximum absolute atomic E-state index is 13.1. The van der Waals surface area contributed by atoms with Gasteiger partial charge in [-0.05, 0) is 38.8 Å². The van der Waals surface area contributed by atoms with Crippen molar-refractivity contribution in [3.8, 4) is 0 Å². The maximum atomic E-state index is 13.1. The number of hydrogen-bond acceptors (Lipinski definition) is 5. The van der Waals surface area contributed by atoms with Gasteiger partial charge in [0.25, 0.3) is 5.56 Å². The van der Waals surface area contributed by atoms with Gasteiger partial charge in [0, 0.05) is 10.9 Å². The summed E-state index contributed by atoms with van der Waals surface area (Å²) in [5, 5.41) is 0.583. The standard InChI is InChI=1S/C19H21N3O2S2/c1-10(2)22-18(24)14-11(3)12(4)25-17(14)21-19(22)26-15(16(20)23)13-8-6-5-7-9-13/h5-10,15H,1-4H3,(H2,20,23)/t15-/m0/s1. The van der Waals surface area contributed by atoms with Crippen molar-refractivity contribution in [3.63, 3.8) is 0 Å². The molecule has 7 heteroatoms. The molecule has 1 aromatic carbocycles. The summed E-state index contributed by atoms with van der Waals surface area (Å²) in [5.74, 6) is -0.454. The summed E-state index contributed by atoms with van der Waals surface area (Å²) in [4.78, 5) is 31.7. The number of nitrogens with two attached hydrogens (primary N) is 1. The number of thiophene rings is 1. The number of hydrogen-bond donors (Lipinski definition) is 1. The van der Waals surface area contributed by atoms with Gasteiger partial charge in [0.1, 0.15) is 10.1 Å². The molecule has 0 saturated carbocycles. The molecule has 0 aliphatic rings. The van der Waals surface area contributed by atoms with Crippen LogP contribution < -0.4 is 11.3 Å². The lowest BCUT2D eigenvalue weighted by atomic mass is 10.1. The second kappa shape index (κ2) is 7.25. The molecule has 5 nitrogen and oxygen atoms in total. The second-order valence-electron chi connectivity index (χ2n) is 6.44. The van der Waals surface area contributed by atoms with Crippen molar-refractivity contribution in [2.24, 2.45) is 5.73 Å². The van der Waals surface area contributed by atoms with Crippen LogP contribution in [0.25, 0.3) is 10.2 Å². The second-order valence-corrected chi connectivity index (χ2v) is 8.71. The van der Waals surface area contributed by atoms with Crippen LogP contribution in [0.3, 0.4) is 0 Å². The molecule has 136 valence electrons. The summed E-state index contributed by atoms with van der Waals surface area (Å²) in [7, 11) is 0. The molecule has 1 atom stereocenters. The summed E-state index contributed by atoms with van der Waals surface area (Å²) in [6.07, 6.45) is 0. The normalized spacial score (nSPS) is 12.7. The Labute approximate surface area is 160 Å². The Morgan fingerprint density at radius 2 is 1.88 bits per heavy atom. The minimum absolute atomic E-state index is 0.0642. The number of aromatic nitrogens is 2. The first-order chi connectivity index (χ1) is 12.3. The highest BCUT2D eigenvalue weighted by Crippen LogP contribution is 2.36. The van der Waals surface area contributed by atoms with Crippen LogP contribution in [0.4, 0.5) is 0 Å². The number of thioether (sulfide) groups is 1.